The Labute approximate surface area is 274 Å². The first-order valence-corrected chi connectivity index (χ1v) is 15.9. The van der Waals surface area contributed by atoms with E-state index in [1.54, 1.807) is 32.1 Å². The van der Waals surface area contributed by atoms with Crippen molar-refractivity contribution in [1.82, 2.24) is 0 Å². The number of epoxide rings is 1. The van der Waals surface area contributed by atoms with Gasteiger partial charge in [-0.05, 0) is 54.0 Å². The van der Waals surface area contributed by atoms with Gasteiger partial charge < -0.3 is 33.5 Å². The molecule has 256 valence electrons. The van der Waals surface area contributed by atoms with Crippen molar-refractivity contribution >= 4 is 29.7 Å². The molecule has 1 heterocycles. The first kappa shape index (κ1) is 34.6. The number of methoxy groups -OCH3 is 1. The number of aliphatic hydroxyl groups excluding tert-OH is 1. The lowest BCUT2D eigenvalue weighted by molar-refractivity contribution is -0.173. The molecular weight excluding hydrogens is 612 g/mol. The number of carbonyl (C=O) groups excluding carboxylic acids is 5. The molecule has 1 aliphatic heterocycles. The minimum Gasteiger partial charge on any atom is -0.497 e. The van der Waals surface area contributed by atoms with Crippen LogP contribution in [-0.4, -0.2) is 77.5 Å². The van der Waals surface area contributed by atoms with Crippen LogP contribution in [0.15, 0.2) is 35.9 Å². The molecule has 1 saturated heterocycles. The molecule has 1 aromatic rings. The van der Waals surface area contributed by atoms with Crippen molar-refractivity contribution in [2.75, 3.05) is 7.11 Å². The molecule has 0 spiro atoms. The standard InChI is InChI=1S/C35H44O12/c1-16-14-35-31(45-21(6)38)17(2)15-34(35,47-35)30(40)18(3)28(43-19(4)36)24-25(33(24,7)8)29(44-20(5)37)27(16)46-32(41)26(39)22-10-12-23(42-9)13-11-22/h10-14,17-18,24-29,31,39H,15H2,1-9H3/b16-14+/t17-,18+,24-,25+,26-,27+,28-,29-,31-,34-,35-/m0/s1. The van der Waals surface area contributed by atoms with Gasteiger partial charge in [-0.3, -0.25) is 19.2 Å². The van der Waals surface area contributed by atoms with Crippen LogP contribution < -0.4 is 4.74 Å². The highest BCUT2D eigenvalue weighted by atomic mass is 16.7. The van der Waals surface area contributed by atoms with Gasteiger partial charge in [-0.25, -0.2) is 4.79 Å². The van der Waals surface area contributed by atoms with Crippen LogP contribution in [0.4, 0.5) is 0 Å². The van der Waals surface area contributed by atoms with E-state index >= 15 is 0 Å². The normalized spacial score (nSPS) is 38.4. The van der Waals surface area contributed by atoms with Gasteiger partial charge in [0.2, 0.25) is 0 Å². The summed E-state index contributed by atoms with van der Waals surface area (Å²) >= 11 is 0. The molecule has 3 fully saturated rings. The van der Waals surface area contributed by atoms with Gasteiger partial charge in [0.15, 0.2) is 29.2 Å². The number of aliphatic hydroxyl groups is 1. The van der Waals surface area contributed by atoms with E-state index in [9.17, 15) is 29.1 Å². The average molecular weight is 657 g/mol. The van der Waals surface area contributed by atoms with Gasteiger partial charge in [0, 0.05) is 32.6 Å². The highest BCUT2D eigenvalue weighted by Crippen LogP contribution is 2.69. The minimum absolute atomic E-state index is 0.232. The first-order valence-electron chi connectivity index (χ1n) is 15.9. The van der Waals surface area contributed by atoms with Crippen LogP contribution in [-0.2, 0) is 47.7 Å². The summed E-state index contributed by atoms with van der Waals surface area (Å²) in [5.41, 5.74) is -2.85. The van der Waals surface area contributed by atoms with Crippen molar-refractivity contribution in [2.45, 2.75) is 104 Å². The average Bonchev–Trinajstić information content (AvgIpc) is 3.79. The molecule has 11 atom stereocenters. The third-order valence-electron chi connectivity index (χ3n) is 10.5. The van der Waals surface area contributed by atoms with Crippen molar-refractivity contribution in [1.29, 1.82) is 0 Å². The monoisotopic (exact) mass is 656 g/mol. The molecule has 0 aromatic heterocycles. The van der Waals surface area contributed by atoms with E-state index in [-0.39, 0.29) is 23.7 Å². The molecule has 0 radical (unpaired) electrons. The highest BCUT2D eigenvalue weighted by Gasteiger charge is 2.84. The number of hydrogen-bond acceptors (Lipinski definition) is 12. The Morgan fingerprint density at radius 3 is 2.00 bits per heavy atom. The summed E-state index contributed by atoms with van der Waals surface area (Å²) in [6.07, 6.45) is -3.99. The van der Waals surface area contributed by atoms with Crippen LogP contribution >= 0.6 is 0 Å². The quantitative estimate of drug-likeness (QED) is 0.197. The van der Waals surface area contributed by atoms with Crippen molar-refractivity contribution < 1.29 is 57.5 Å². The van der Waals surface area contributed by atoms with E-state index in [0.717, 1.165) is 0 Å². The fourth-order valence-corrected chi connectivity index (χ4v) is 8.32. The van der Waals surface area contributed by atoms with E-state index in [4.69, 9.17) is 28.4 Å². The zero-order valence-corrected chi connectivity index (χ0v) is 28.2. The third-order valence-corrected chi connectivity index (χ3v) is 10.5. The Balaban J connectivity index is 1.66. The number of Topliss-reactive ketones (excluding diaryl/α,β-unsaturated/α-hetero) is 1. The predicted molar refractivity (Wildman–Crippen MR) is 164 cm³/mol. The lowest BCUT2D eigenvalue weighted by Gasteiger charge is -2.31. The smallest absolute Gasteiger partial charge is 0.340 e. The number of benzene rings is 1. The molecule has 47 heavy (non-hydrogen) atoms. The Morgan fingerprint density at radius 1 is 0.894 bits per heavy atom. The lowest BCUT2D eigenvalue weighted by Crippen LogP contribution is -2.43. The van der Waals surface area contributed by atoms with Gasteiger partial charge in [-0.2, -0.15) is 0 Å². The van der Waals surface area contributed by atoms with E-state index < -0.39 is 88.8 Å². The summed E-state index contributed by atoms with van der Waals surface area (Å²) in [4.78, 5) is 65.5. The van der Waals surface area contributed by atoms with Crippen LogP contribution in [0, 0.1) is 29.1 Å². The maximum Gasteiger partial charge on any atom is 0.340 e. The van der Waals surface area contributed by atoms with Crippen molar-refractivity contribution in [3.8, 4) is 5.75 Å². The first-order chi connectivity index (χ1) is 21.9. The number of hydrogen-bond donors (Lipinski definition) is 1. The SMILES string of the molecule is COc1ccc([C@H](O)C(=O)O[C@@H]2/C(C)=C/[C@@]34O[C@@]3(C[C@H](C)[C@@H]4OC(C)=O)C(=O)[C@H](C)[C@H](OC(C)=O)[C@@H]3[C@H]([C@@H]2OC(C)=O)C3(C)C)cc1. The molecule has 0 unspecified atom stereocenters. The second-order valence-electron chi connectivity index (χ2n) is 14.0. The van der Waals surface area contributed by atoms with E-state index in [1.807, 2.05) is 20.8 Å². The van der Waals surface area contributed by atoms with Gasteiger partial charge in [0.1, 0.15) is 24.1 Å². The molecule has 12 heteroatoms. The number of esters is 4. The Morgan fingerprint density at radius 2 is 1.45 bits per heavy atom. The van der Waals surface area contributed by atoms with Crippen LogP contribution in [0.5, 0.6) is 5.75 Å². The maximum atomic E-state index is 14.5. The summed E-state index contributed by atoms with van der Waals surface area (Å²) in [6, 6.07) is 6.24. The second kappa shape index (κ2) is 12.0. The Kier molecular flexibility index (Phi) is 8.85. The topological polar surface area (TPSA) is 164 Å². The molecule has 5 rings (SSSR count). The zero-order chi connectivity index (χ0) is 34.8. The fourth-order valence-electron chi connectivity index (χ4n) is 8.32. The summed E-state index contributed by atoms with van der Waals surface area (Å²) in [5.74, 6) is -4.74. The van der Waals surface area contributed by atoms with Gasteiger partial charge in [0.25, 0.3) is 0 Å². The van der Waals surface area contributed by atoms with Gasteiger partial charge in [-0.1, -0.05) is 39.8 Å². The number of ketones is 1. The number of ether oxygens (including phenoxy) is 6. The van der Waals surface area contributed by atoms with Crippen molar-refractivity contribution in [3.63, 3.8) is 0 Å². The predicted octanol–water partition coefficient (Wildman–Crippen LogP) is 3.42. The third kappa shape index (κ3) is 5.73. The van der Waals surface area contributed by atoms with E-state index in [1.165, 1.54) is 40.0 Å². The molecular formula is C35H44O12. The molecule has 0 amide bonds. The van der Waals surface area contributed by atoms with Gasteiger partial charge in [-0.15, -0.1) is 0 Å². The van der Waals surface area contributed by atoms with Gasteiger partial charge >= 0.3 is 23.9 Å². The lowest BCUT2D eigenvalue weighted by atomic mass is 9.80. The summed E-state index contributed by atoms with van der Waals surface area (Å²) in [7, 11) is 1.49. The highest BCUT2D eigenvalue weighted by molar-refractivity contribution is 5.96. The van der Waals surface area contributed by atoms with Crippen molar-refractivity contribution in [3.05, 3.63) is 41.5 Å². The fraction of sp³-hybridized carbons (Fsp3) is 0.629. The molecule has 0 bridgehead atoms. The Hall–Kier alpha value is -3.77. The molecule has 12 nitrogen and oxygen atoms in total. The number of rotatable bonds is 7. The second-order valence-corrected chi connectivity index (χ2v) is 14.0. The zero-order valence-electron chi connectivity index (χ0n) is 28.2. The molecule has 3 aliphatic carbocycles. The molecule has 1 N–H and O–H groups in total. The summed E-state index contributed by atoms with van der Waals surface area (Å²) < 4.78 is 35.1. The van der Waals surface area contributed by atoms with Crippen LogP contribution in [0.25, 0.3) is 0 Å². The minimum atomic E-state index is -1.70. The molecule has 4 aliphatic rings. The maximum absolute atomic E-state index is 14.5. The van der Waals surface area contributed by atoms with Crippen LogP contribution in [0.2, 0.25) is 0 Å². The van der Waals surface area contributed by atoms with Crippen molar-refractivity contribution in [2.24, 2.45) is 29.1 Å². The van der Waals surface area contributed by atoms with Crippen LogP contribution in [0.1, 0.15) is 73.5 Å². The largest absolute Gasteiger partial charge is 0.497 e. The number of fused-ring (bicyclic) bond motifs is 1. The molecule has 2 saturated carbocycles. The van der Waals surface area contributed by atoms with Gasteiger partial charge in [0.05, 0.1) is 13.0 Å². The molecule has 1 aromatic carbocycles. The van der Waals surface area contributed by atoms with Crippen LogP contribution in [0.3, 0.4) is 0 Å². The van der Waals surface area contributed by atoms with E-state index in [2.05, 4.69) is 0 Å². The summed E-state index contributed by atoms with van der Waals surface area (Å²) in [6.45, 7) is 12.8. The number of carbonyl (C=O) groups is 5. The van der Waals surface area contributed by atoms with E-state index in [0.29, 0.717) is 11.3 Å². The Bertz CT molecular complexity index is 1500. The summed E-state index contributed by atoms with van der Waals surface area (Å²) in [5, 5.41) is 11.1.